The first-order valence-electron chi connectivity index (χ1n) is 5.48. The van der Waals surface area contributed by atoms with Crippen LogP contribution in [0.25, 0.3) is 0 Å². The van der Waals surface area contributed by atoms with Crippen molar-refractivity contribution in [3.05, 3.63) is 0 Å². The van der Waals surface area contributed by atoms with Gasteiger partial charge >= 0.3 is 0 Å². The Labute approximate surface area is 96.1 Å². The summed E-state index contributed by atoms with van der Waals surface area (Å²) in [5.41, 5.74) is 4.84. The molecule has 5 heteroatoms. The Morgan fingerprint density at radius 3 is 2.50 bits per heavy atom. The van der Waals surface area contributed by atoms with Crippen LogP contribution in [0.2, 0.25) is 0 Å². The van der Waals surface area contributed by atoms with Crippen LogP contribution in [-0.2, 0) is 4.79 Å². The summed E-state index contributed by atoms with van der Waals surface area (Å²) in [6, 6.07) is 0. The average Bonchev–Trinajstić information content (AvgIpc) is 2.81. The Morgan fingerprint density at radius 2 is 2.12 bits per heavy atom. The molecule has 1 atom stereocenters. The molecule has 1 saturated carbocycles. The van der Waals surface area contributed by atoms with Gasteiger partial charge in [-0.3, -0.25) is 4.79 Å². The maximum absolute atomic E-state index is 11.8. The quantitative estimate of drug-likeness (QED) is 0.289. The number of amidine groups is 1. The summed E-state index contributed by atoms with van der Waals surface area (Å²) in [6.07, 6.45) is 1.14. The van der Waals surface area contributed by atoms with Crippen LogP contribution in [0.3, 0.4) is 0 Å². The Balaban J connectivity index is 2.47. The molecule has 1 fully saturated rings. The van der Waals surface area contributed by atoms with Gasteiger partial charge in [-0.15, -0.1) is 0 Å². The summed E-state index contributed by atoms with van der Waals surface area (Å²) in [5, 5.41) is 14.3. The lowest BCUT2D eigenvalue weighted by Gasteiger charge is -2.21. The molecule has 16 heavy (non-hydrogen) atoms. The van der Waals surface area contributed by atoms with E-state index in [4.69, 9.17) is 10.9 Å². The molecule has 1 amide bonds. The largest absolute Gasteiger partial charge is 0.409 e. The van der Waals surface area contributed by atoms with Gasteiger partial charge in [0.2, 0.25) is 5.91 Å². The van der Waals surface area contributed by atoms with E-state index in [1.807, 2.05) is 0 Å². The second-order valence-corrected chi connectivity index (χ2v) is 5.71. The fourth-order valence-corrected chi connectivity index (χ4v) is 1.60. The van der Waals surface area contributed by atoms with Gasteiger partial charge in [0.15, 0.2) is 5.84 Å². The molecule has 1 aliphatic carbocycles. The molecule has 1 rings (SSSR count). The lowest BCUT2D eigenvalue weighted by atomic mass is 9.91. The van der Waals surface area contributed by atoms with Crippen LogP contribution in [0, 0.1) is 16.7 Å². The van der Waals surface area contributed by atoms with Gasteiger partial charge in [-0.2, -0.15) is 0 Å². The molecule has 5 nitrogen and oxygen atoms in total. The number of carbonyl (C=O) groups is 1. The van der Waals surface area contributed by atoms with Crippen molar-refractivity contribution in [2.75, 3.05) is 6.54 Å². The SMILES string of the molecule is CC(C)(C(=O)NCC1CC1(C)C)C(N)=NO. The normalized spacial score (nSPS) is 24.0. The average molecular weight is 227 g/mol. The van der Waals surface area contributed by atoms with Crippen molar-refractivity contribution in [1.82, 2.24) is 5.32 Å². The third-order valence-electron chi connectivity index (χ3n) is 3.54. The number of nitrogens with zero attached hydrogens (tertiary/aromatic N) is 1. The highest BCUT2D eigenvalue weighted by atomic mass is 16.4. The maximum atomic E-state index is 11.8. The number of nitrogens with two attached hydrogens (primary N) is 1. The van der Waals surface area contributed by atoms with E-state index in [9.17, 15) is 4.79 Å². The minimum absolute atomic E-state index is 0.0694. The van der Waals surface area contributed by atoms with E-state index in [-0.39, 0.29) is 11.7 Å². The monoisotopic (exact) mass is 227 g/mol. The summed E-state index contributed by atoms with van der Waals surface area (Å²) in [6.45, 7) is 8.29. The zero-order chi connectivity index (χ0) is 12.6. The molecular weight excluding hydrogens is 206 g/mol. The molecule has 4 N–H and O–H groups in total. The van der Waals surface area contributed by atoms with Crippen LogP contribution in [0.15, 0.2) is 5.16 Å². The molecule has 92 valence electrons. The highest BCUT2D eigenvalue weighted by molar-refractivity contribution is 6.05. The number of oxime groups is 1. The number of nitrogens with one attached hydrogen (secondary N) is 1. The Kier molecular flexibility index (Phi) is 3.17. The summed E-state index contributed by atoms with van der Waals surface area (Å²) in [4.78, 5) is 11.8. The van der Waals surface area contributed by atoms with E-state index < -0.39 is 5.41 Å². The lowest BCUT2D eigenvalue weighted by Crippen LogP contribution is -2.46. The van der Waals surface area contributed by atoms with Gasteiger partial charge in [-0.05, 0) is 31.6 Å². The summed E-state index contributed by atoms with van der Waals surface area (Å²) in [5.74, 6) is 0.269. The highest BCUT2D eigenvalue weighted by Crippen LogP contribution is 2.51. The van der Waals surface area contributed by atoms with Gasteiger partial charge in [0, 0.05) is 6.54 Å². The van der Waals surface area contributed by atoms with Gasteiger partial charge < -0.3 is 16.3 Å². The van der Waals surface area contributed by atoms with Crippen LogP contribution < -0.4 is 11.1 Å². The number of rotatable bonds is 4. The van der Waals surface area contributed by atoms with Gasteiger partial charge in [-0.25, -0.2) is 0 Å². The first-order chi connectivity index (χ1) is 7.21. The summed E-state index contributed by atoms with van der Waals surface area (Å²) < 4.78 is 0. The van der Waals surface area contributed by atoms with Crippen LogP contribution >= 0.6 is 0 Å². The summed E-state index contributed by atoms with van der Waals surface area (Å²) in [7, 11) is 0. The minimum atomic E-state index is -0.965. The molecule has 1 unspecified atom stereocenters. The first kappa shape index (κ1) is 12.8. The van der Waals surface area contributed by atoms with E-state index in [0.29, 0.717) is 17.9 Å². The van der Waals surface area contributed by atoms with E-state index >= 15 is 0 Å². The van der Waals surface area contributed by atoms with Crippen molar-refractivity contribution in [3.63, 3.8) is 0 Å². The second-order valence-electron chi connectivity index (χ2n) is 5.71. The third-order valence-corrected chi connectivity index (χ3v) is 3.54. The topological polar surface area (TPSA) is 87.7 Å². The van der Waals surface area contributed by atoms with E-state index in [2.05, 4.69) is 24.3 Å². The van der Waals surface area contributed by atoms with Crippen molar-refractivity contribution < 1.29 is 10.0 Å². The van der Waals surface area contributed by atoms with Gasteiger partial charge in [0.05, 0.1) is 0 Å². The molecule has 0 saturated heterocycles. The Morgan fingerprint density at radius 1 is 1.62 bits per heavy atom. The standard InChI is InChI=1S/C11H21N3O2/c1-10(2)5-7(10)6-13-9(15)11(3,4)8(12)14-16/h7,16H,5-6H2,1-4H3,(H2,12,14)(H,13,15). The Hall–Kier alpha value is -1.26. The number of hydrogen-bond acceptors (Lipinski definition) is 3. The molecule has 0 aliphatic heterocycles. The van der Waals surface area contributed by atoms with Crippen LogP contribution in [-0.4, -0.2) is 23.5 Å². The molecule has 0 bridgehead atoms. The van der Waals surface area contributed by atoms with Crippen molar-refractivity contribution in [2.24, 2.45) is 27.6 Å². The van der Waals surface area contributed by atoms with E-state index in [1.165, 1.54) is 0 Å². The van der Waals surface area contributed by atoms with Crippen molar-refractivity contribution in [3.8, 4) is 0 Å². The lowest BCUT2D eigenvalue weighted by molar-refractivity contribution is -0.126. The van der Waals surface area contributed by atoms with Crippen LogP contribution in [0.5, 0.6) is 0 Å². The van der Waals surface area contributed by atoms with Crippen molar-refractivity contribution >= 4 is 11.7 Å². The van der Waals surface area contributed by atoms with Crippen LogP contribution in [0.4, 0.5) is 0 Å². The molecule has 0 heterocycles. The molecule has 0 spiro atoms. The van der Waals surface area contributed by atoms with Gasteiger partial charge in [0.1, 0.15) is 5.41 Å². The molecule has 0 radical (unpaired) electrons. The first-order valence-corrected chi connectivity index (χ1v) is 5.48. The highest BCUT2D eigenvalue weighted by Gasteiger charge is 2.46. The summed E-state index contributed by atoms with van der Waals surface area (Å²) >= 11 is 0. The van der Waals surface area contributed by atoms with Gasteiger partial charge in [-0.1, -0.05) is 19.0 Å². The number of amides is 1. The predicted octanol–water partition coefficient (Wildman–Crippen LogP) is 0.921. The van der Waals surface area contributed by atoms with Crippen molar-refractivity contribution in [2.45, 2.75) is 34.1 Å². The molecule has 0 aromatic carbocycles. The fraction of sp³-hybridized carbons (Fsp3) is 0.818. The van der Waals surface area contributed by atoms with E-state index in [1.54, 1.807) is 13.8 Å². The number of carbonyl (C=O) groups excluding carboxylic acids is 1. The van der Waals surface area contributed by atoms with Gasteiger partial charge in [0.25, 0.3) is 0 Å². The van der Waals surface area contributed by atoms with Crippen LogP contribution in [0.1, 0.15) is 34.1 Å². The fourth-order valence-electron chi connectivity index (χ4n) is 1.60. The third kappa shape index (κ3) is 2.46. The smallest absolute Gasteiger partial charge is 0.233 e. The molecular formula is C11H21N3O2. The Bertz CT molecular complexity index is 321. The van der Waals surface area contributed by atoms with E-state index in [0.717, 1.165) is 6.42 Å². The maximum Gasteiger partial charge on any atom is 0.233 e. The zero-order valence-corrected chi connectivity index (χ0v) is 10.4. The molecule has 1 aliphatic rings. The minimum Gasteiger partial charge on any atom is -0.409 e. The zero-order valence-electron chi connectivity index (χ0n) is 10.4. The predicted molar refractivity (Wildman–Crippen MR) is 62.1 cm³/mol. The molecule has 0 aromatic heterocycles. The van der Waals surface area contributed by atoms with Crippen molar-refractivity contribution in [1.29, 1.82) is 0 Å². The second kappa shape index (κ2) is 3.96. The molecule has 0 aromatic rings. The number of hydrogen-bond donors (Lipinski definition) is 3.